The predicted octanol–water partition coefficient (Wildman–Crippen LogP) is 4.22. The molecule has 2 heterocycles. The van der Waals surface area contributed by atoms with E-state index >= 15 is 0 Å². The maximum Gasteiger partial charge on any atom is 0.573 e. The number of sulfonamides is 1. The van der Waals surface area contributed by atoms with E-state index in [-0.39, 0.29) is 16.2 Å². The first kappa shape index (κ1) is 25.7. The van der Waals surface area contributed by atoms with Crippen molar-refractivity contribution in [1.82, 2.24) is 9.47 Å². The van der Waals surface area contributed by atoms with Gasteiger partial charge >= 0.3 is 6.36 Å². The third kappa shape index (κ3) is 6.42. The fourth-order valence-corrected chi connectivity index (χ4v) is 3.89. The molecule has 37 heavy (non-hydrogen) atoms. The summed E-state index contributed by atoms with van der Waals surface area (Å²) < 4.78 is 64.7. The van der Waals surface area contributed by atoms with E-state index in [1.165, 1.54) is 70.4 Å². The van der Waals surface area contributed by atoms with Gasteiger partial charge in [0.15, 0.2) is 0 Å². The third-order valence-corrected chi connectivity index (χ3v) is 6.10. The molecule has 4 rings (SSSR count). The zero-order chi connectivity index (χ0) is 26.8. The fourth-order valence-electron chi connectivity index (χ4n) is 3.37. The molecule has 0 saturated carbocycles. The number of aromatic nitrogens is 1. The first-order valence-corrected chi connectivity index (χ1v) is 12.1. The van der Waals surface area contributed by atoms with Crippen molar-refractivity contribution in [3.05, 3.63) is 102 Å². The Hall–Kier alpha value is -4.42. The SMILES string of the molecule is NS(=O)(=O)c1ccc(C(=O)n2cc3c(c2)C=CN(C(=O)/C=C/c2ccc(OC(F)(F)F)cc2)C=C3)cc1. The lowest BCUT2D eigenvalue weighted by Gasteiger charge is -2.10. The predicted molar refractivity (Wildman–Crippen MR) is 129 cm³/mol. The number of primary sulfonamides is 1. The van der Waals surface area contributed by atoms with E-state index in [4.69, 9.17) is 5.14 Å². The minimum absolute atomic E-state index is 0.107. The molecular formula is C25H18F3N3O5S. The van der Waals surface area contributed by atoms with E-state index in [1.807, 2.05) is 0 Å². The molecule has 190 valence electrons. The highest BCUT2D eigenvalue weighted by Gasteiger charge is 2.30. The van der Waals surface area contributed by atoms with Gasteiger partial charge in [-0.05, 0) is 60.2 Å². The summed E-state index contributed by atoms with van der Waals surface area (Å²) in [6, 6.07) is 10.3. The van der Waals surface area contributed by atoms with Crippen LogP contribution < -0.4 is 9.88 Å². The van der Waals surface area contributed by atoms with Gasteiger partial charge < -0.3 is 4.74 Å². The van der Waals surface area contributed by atoms with Gasteiger partial charge in [0.25, 0.3) is 11.8 Å². The lowest BCUT2D eigenvalue weighted by atomic mass is 10.2. The summed E-state index contributed by atoms with van der Waals surface area (Å²) in [5.41, 5.74) is 2.07. The Morgan fingerprint density at radius 3 is 1.97 bits per heavy atom. The largest absolute Gasteiger partial charge is 0.573 e. The molecule has 0 atom stereocenters. The van der Waals surface area contributed by atoms with Crippen LogP contribution in [0.4, 0.5) is 13.2 Å². The van der Waals surface area contributed by atoms with E-state index in [0.29, 0.717) is 16.7 Å². The number of ether oxygens (including phenoxy) is 1. The van der Waals surface area contributed by atoms with Crippen LogP contribution in [0.2, 0.25) is 0 Å². The number of rotatable bonds is 5. The van der Waals surface area contributed by atoms with Gasteiger partial charge in [0.05, 0.1) is 4.90 Å². The maximum absolute atomic E-state index is 12.8. The summed E-state index contributed by atoms with van der Waals surface area (Å²) in [7, 11) is -3.87. The van der Waals surface area contributed by atoms with Crippen LogP contribution in [-0.2, 0) is 14.8 Å². The van der Waals surface area contributed by atoms with Crippen LogP contribution in [0.25, 0.3) is 18.2 Å². The van der Waals surface area contributed by atoms with Gasteiger partial charge in [0.1, 0.15) is 5.75 Å². The lowest BCUT2D eigenvalue weighted by Crippen LogP contribution is -2.17. The number of halogens is 3. The van der Waals surface area contributed by atoms with E-state index in [9.17, 15) is 31.2 Å². The number of nitrogens with two attached hydrogens (primary N) is 1. The molecule has 0 unspecified atom stereocenters. The average Bonchev–Trinajstić information content (AvgIpc) is 3.14. The van der Waals surface area contributed by atoms with Crippen molar-refractivity contribution in [2.45, 2.75) is 11.3 Å². The summed E-state index contributed by atoms with van der Waals surface area (Å²) in [6.07, 6.45) is 7.35. The minimum Gasteiger partial charge on any atom is -0.406 e. The maximum atomic E-state index is 12.8. The Kier molecular flexibility index (Phi) is 6.88. The van der Waals surface area contributed by atoms with Gasteiger partial charge in [0, 0.05) is 47.6 Å². The molecule has 12 heteroatoms. The van der Waals surface area contributed by atoms with Crippen LogP contribution in [0.15, 0.2) is 84.3 Å². The Morgan fingerprint density at radius 1 is 0.892 bits per heavy atom. The number of hydrogen-bond acceptors (Lipinski definition) is 5. The standard InChI is InChI=1S/C25H18F3N3O5S/c26-25(27,28)36-21-6-1-17(2-7-21)3-10-23(32)30-13-11-19-15-31(16-20(19)12-14-30)24(33)18-4-8-22(9-5-18)37(29,34)35/h1-16H,(H2,29,34,35)/b10-3+. The zero-order valence-corrected chi connectivity index (χ0v) is 19.6. The van der Waals surface area contributed by atoms with Gasteiger partial charge in [-0.2, -0.15) is 0 Å². The quantitative estimate of drug-likeness (QED) is 0.498. The Morgan fingerprint density at radius 2 is 1.46 bits per heavy atom. The van der Waals surface area contributed by atoms with Gasteiger partial charge in [-0.3, -0.25) is 19.1 Å². The summed E-state index contributed by atoms with van der Waals surface area (Å²) in [5.74, 6) is -1.17. The summed E-state index contributed by atoms with van der Waals surface area (Å²) >= 11 is 0. The highest BCUT2D eigenvalue weighted by Crippen LogP contribution is 2.24. The number of alkyl halides is 3. The van der Waals surface area contributed by atoms with E-state index in [0.717, 1.165) is 12.1 Å². The van der Waals surface area contributed by atoms with Crippen LogP contribution >= 0.6 is 0 Å². The Balaban J connectivity index is 1.42. The molecule has 1 amide bonds. The second-order valence-electron chi connectivity index (χ2n) is 7.78. The highest BCUT2D eigenvalue weighted by atomic mass is 32.2. The van der Waals surface area contributed by atoms with Gasteiger partial charge in [-0.25, -0.2) is 13.6 Å². The Labute approximate surface area is 209 Å². The van der Waals surface area contributed by atoms with E-state index in [1.54, 1.807) is 24.5 Å². The van der Waals surface area contributed by atoms with Gasteiger partial charge in [-0.1, -0.05) is 12.1 Å². The molecular weight excluding hydrogens is 511 g/mol. The van der Waals surface area contributed by atoms with Crippen molar-refractivity contribution in [3.8, 4) is 5.75 Å². The van der Waals surface area contributed by atoms with Gasteiger partial charge in [-0.15, -0.1) is 13.2 Å². The van der Waals surface area contributed by atoms with Crippen LogP contribution in [0.1, 0.15) is 27.0 Å². The van der Waals surface area contributed by atoms with Crippen LogP contribution in [0.3, 0.4) is 0 Å². The fraction of sp³-hybridized carbons (Fsp3) is 0.0400. The molecule has 0 saturated heterocycles. The molecule has 3 aromatic rings. The topological polar surface area (TPSA) is 112 Å². The van der Waals surface area contributed by atoms with Crippen LogP contribution in [-0.4, -0.2) is 36.1 Å². The van der Waals surface area contributed by atoms with Crippen molar-refractivity contribution in [3.63, 3.8) is 0 Å². The van der Waals surface area contributed by atoms with Crippen molar-refractivity contribution in [2.24, 2.45) is 5.14 Å². The molecule has 0 radical (unpaired) electrons. The first-order chi connectivity index (χ1) is 17.4. The summed E-state index contributed by atoms with van der Waals surface area (Å²) in [5, 5.41) is 5.08. The monoisotopic (exact) mass is 529 g/mol. The van der Waals surface area contributed by atoms with E-state index < -0.39 is 28.2 Å². The number of nitrogens with zero attached hydrogens (tertiary/aromatic N) is 2. The first-order valence-electron chi connectivity index (χ1n) is 10.5. The number of hydrogen-bond donors (Lipinski definition) is 1. The second-order valence-corrected chi connectivity index (χ2v) is 9.34. The van der Waals surface area contributed by atoms with Crippen molar-refractivity contribution >= 4 is 40.1 Å². The summed E-state index contributed by atoms with van der Waals surface area (Å²) in [6.45, 7) is 0. The van der Waals surface area contributed by atoms with Crippen molar-refractivity contribution in [1.29, 1.82) is 0 Å². The molecule has 0 aliphatic carbocycles. The lowest BCUT2D eigenvalue weighted by molar-refractivity contribution is -0.274. The smallest absolute Gasteiger partial charge is 0.406 e. The third-order valence-electron chi connectivity index (χ3n) is 5.17. The average molecular weight is 529 g/mol. The Bertz CT molecular complexity index is 1500. The molecule has 0 fully saturated rings. The van der Waals surface area contributed by atoms with E-state index in [2.05, 4.69) is 4.74 Å². The minimum atomic E-state index is -4.78. The molecule has 2 N–H and O–H groups in total. The number of carbonyl (C=O) groups is 2. The molecule has 0 bridgehead atoms. The van der Waals surface area contributed by atoms with Crippen molar-refractivity contribution in [2.75, 3.05) is 0 Å². The number of benzene rings is 2. The molecule has 1 aromatic heterocycles. The number of amides is 1. The van der Waals surface area contributed by atoms with Crippen LogP contribution in [0.5, 0.6) is 5.75 Å². The second kappa shape index (κ2) is 9.91. The molecule has 1 aliphatic heterocycles. The number of carbonyl (C=O) groups excluding carboxylic acids is 2. The summed E-state index contributed by atoms with van der Waals surface area (Å²) in [4.78, 5) is 26.5. The molecule has 0 spiro atoms. The highest BCUT2D eigenvalue weighted by molar-refractivity contribution is 7.89. The molecule has 8 nitrogen and oxygen atoms in total. The number of fused-ring (bicyclic) bond motifs is 1. The van der Waals surface area contributed by atoms with Crippen LogP contribution in [0, 0.1) is 0 Å². The van der Waals surface area contributed by atoms with Crippen molar-refractivity contribution < 1.29 is 35.9 Å². The molecule has 2 aromatic carbocycles. The molecule has 1 aliphatic rings. The zero-order valence-electron chi connectivity index (χ0n) is 18.8. The normalized spacial score (nSPS) is 13.5. The van der Waals surface area contributed by atoms with Gasteiger partial charge in [0.2, 0.25) is 10.0 Å².